The number of anilines is 1. The molecule has 2 aromatic rings. The zero-order chi connectivity index (χ0) is 15.8. The third kappa shape index (κ3) is 3.07. The molecule has 0 aliphatic rings. The number of rotatable bonds is 4. The van der Waals surface area contributed by atoms with Crippen molar-refractivity contribution in [2.75, 3.05) is 4.72 Å². The molecule has 2 N–H and O–H groups in total. The minimum absolute atomic E-state index is 0.0416. The molecule has 0 radical (unpaired) electrons. The first-order valence-corrected chi connectivity index (χ1v) is 8.11. The summed E-state index contributed by atoms with van der Waals surface area (Å²) in [7, 11) is -3.89. The van der Waals surface area contributed by atoms with E-state index >= 15 is 0 Å². The fourth-order valence-corrected chi connectivity index (χ4v) is 3.89. The molecule has 1 heterocycles. The van der Waals surface area contributed by atoms with Crippen molar-refractivity contribution in [3.05, 3.63) is 45.9 Å². The van der Waals surface area contributed by atoms with E-state index in [9.17, 15) is 13.5 Å². The summed E-state index contributed by atoms with van der Waals surface area (Å²) in [5.41, 5.74) is 1.42. The first-order valence-electron chi connectivity index (χ1n) is 6.25. The van der Waals surface area contributed by atoms with Gasteiger partial charge in [0, 0.05) is 5.56 Å². The largest absolute Gasteiger partial charge is 0.465 e. The molecule has 0 aliphatic heterocycles. The number of benzene rings is 1. The molecule has 0 saturated carbocycles. The third-order valence-electron chi connectivity index (χ3n) is 3.12. The van der Waals surface area contributed by atoms with Crippen molar-refractivity contribution >= 4 is 27.3 Å². The van der Waals surface area contributed by atoms with Crippen LogP contribution in [0.4, 0.5) is 5.69 Å². The fraction of sp³-hybridized carbons (Fsp3) is 0.286. The molecule has 0 spiro atoms. The molecule has 1 aromatic heterocycles. The molecular weight excluding hydrogens is 314 g/mol. The predicted molar refractivity (Wildman–Crippen MR) is 81.1 cm³/mol. The van der Waals surface area contributed by atoms with Crippen LogP contribution in [-0.2, 0) is 16.6 Å². The van der Waals surface area contributed by atoms with Crippen molar-refractivity contribution in [2.24, 2.45) is 0 Å². The molecule has 2 rings (SSSR count). The SMILES string of the molecule is Cc1ccc(Cl)c(NS(=O)(=O)c2c(C)oc(C)c2CO)c1. The number of nitrogens with one attached hydrogen (secondary N) is 1. The van der Waals surface area contributed by atoms with E-state index in [0.29, 0.717) is 16.5 Å². The van der Waals surface area contributed by atoms with Crippen LogP contribution >= 0.6 is 11.6 Å². The molecule has 7 heteroatoms. The molecule has 0 saturated heterocycles. The standard InChI is InChI=1S/C14H16ClNO4S/c1-8-4-5-12(15)13(6-8)16-21(18,19)14-10(3)20-9(2)11(14)7-17/h4-6,16-17H,7H2,1-3H3. The second kappa shape index (κ2) is 5.71. The van der Waals surface area contributed by atoms with E-state index in [2.05, 4.69) is 4.72 Å². The Hall–Kier alpha value is -1.50. The fourth-order valence-electron chi connectivity index (χ4n) is 2.16. The lowest BCUT2D eigenvalue weighted by atomic mass is 10.2. The predicted octanol–water partition coefficient (Wildman–Crippen LogP) is 3.15. The molecule has 0 bridgehead atoms. The van der Waals surface area contributed by atoms with Crippen molar-refractivity contribution in [3.8, 4) is 0 Å². The number of sulfonamides is 1. The van der Waals surface area contributed by atoms with Crippen LogP contribution in [0.3, 0.4) is 0 Å². The Morgan fingerprint density at radius 1 is 1.24 bits per heavy atom. The highest BCUT2D eigenvalue weighted by Crippen LogP contribution is 2.30. The maximum atomic E-state index is 12.5. The maximum Gasteiger partial charge on any atom is 0.265 e. The molecule has 1 aromatic carbocycles. The molecule has 0 atom stereocenters. The number of aliphatic hydroxyl groups is 1. The molecule has 0 unspecified atom stereocenters. The summed E-state index contributed by atoms with van der Waals surface area (Å²) in [5.74, 6) is 0.610. The van der Waals surface area contributed by atoms with Gasteiger partial charge in [0.25, 0.3) is 10.0 Å². The van der Waals surface area contributed by atoms with Crippen LogP contribution in [0.1, 0.15) is 22.6 Å². The van der Waals surface area contributed by atoms with E-state index in [4.69, 9.17) is 16.0 Å². The quantitative estimate of drug-likeness (QED) is 0.903. The molecule has 0 amide bonds. The molecular formula is C14H16ClNO4S. The average molecular weight is 330 g/mol. The van der Waals surface area contributed by atoms with Gasteiger partial charge < -0.3 is 9.52 Å². The van der Waals surface area contributed by atoms with Crippen LogP contribution in [0, 0.1) is 20.8 Å². The smallest absolute Gasteiger partial charge is 0.265 e. The number of aryl methyl sites for hydroxylation is 3. The van der Waals surface area contributed by atoms with E-state index in [1.807, 2.05) is 6.92 Å². The Bertz CT molecular complexity index is 781. The monoisotopic (exact) mass is 329 g/mol. The zero-order valence-electron chi connectivity index (χ0n) is 11.9. The van der Waals surface area contributed by atoms with Gasteiger partial charge in [-0.1, -0.05) is 17.7 Å². The van der Waals surface area contributed by atoms with E-state index in [1.165, 1.54) is 0 Å². The number of aliphatic hydroxyl groups excluding tert-OH is 1. The highest BCUT2D eigenvalue weighted by atomic mass is 35.5. The molecule has 21 heavy (non-hydrogen) atoms. The highest BCUT2D eigenvalue weighted by Gasteiger charge is 2.27. The van der Waals surface area contributed by atoms with Crippen molar-refractivity contribution in [3.63, 3.8) is 0 Å². The van der Waals surface area contributed by atoms with Gasteiger partial charge in [-0.3, -0.25) is 4.72 Å². The summed E-state index contributed by atoms with van der Waals surface area (Å²) in [6.07, 6.45) is 0. The maximum absolute atomic E-state index is 12.5. The second-order valence-electron chi connectivity index (χ2n) is 4.77. The van der Waals surface area contributed by atoms with Gasteiger partial charge in [0.2, 0.25) is 0 Å². The topological polar surface area (TPSA) is 79.5 Å². The lowest BCUT2D eigenvalue weighted by Gasteiger charge is -2.11. The summed E-state index contributed by atoms with van der Waals surface area (Å²) >= 11 is 6.01. The van der Waals surface area contributed by atoms with Crippen LogP contribution in [0.2, 0.25) is 5.02 Å². The van der Waals surface area contributed by atoms with Gasteiger partial charge >= 0.3 is 0 Å². The Morgan fingerprint density at radius 3 is 2.52 bits per heavy atom. The minimum atomic E-state index is -3.89. The van der Waals surface area contributed by atoms with Crippen molar-refractivity contribution in [1.29, 1.82) is 0 Å². The summed E-state index contributed by atoms with van der Waals surface area (Å²) in [6, 6.07) is 5.04. The lowest BCUT2D eigenvalue weighted by molar-refractivity contribution is 0.276. The number of halogens is 1. The summed E-state index contributed by atoms with van der Waals surface area (Å²) < 4.78 is 32.8. The Kier molecular flexibility index (Phi) is 4.32. The van der Waals surface area contributed by atoms with Crippen LogP contribution in [0.15, 0.2) is 27.5 Å². The number of hydrogen-bond acceptors (Lipinski definition) is 4. The van der Waals surface area contributed by atoms with Crippen molar-refractivity contribution in [1.82, 2.24) is 0 Å². The van der Waals surface area contributed by atoms with Crippen LogP contribution in [0.5, 0.6) is 0 Å². The minimum Gasteiger partial charge on any atom is -0.465 e. The Labute approximate surface area is 128 Å². The molecule has 5 nitrogen and oxygen atoms in total. The van der Waals surface area contributed by atoms with Crippen LogP contribution in [0.25, 0.3) is 0 Å². The van der Waals surface area contributed by atoms with E-state index in [0.717, 1.165) is 5.56 Å². The summed E-state index contributed by atoms with van der Waals surface area (Å²) in [6.45, 7) is 4.57. The zero-order valence-corrected chi connectivity index (χ0v) is 13.5. The Morgan fingerprint density at radius 2 is 1.90 bits per heavy atom. The van der Waals surface area contributed by atoms with Gasteiger partial charge in [0.1, 0.15) is 16.4 Å². The van der Waals surface area contributed by atoms with E-state index in [-0.39, 0.29) is 16.2 Å². The van der Waals surface area contributed by atoms with Crippen molar-refractivity contribution in [2.45, 2.75) is 32.3 Å². The number of furan rings is 1. The van der Waals surface area contributed by atoms with Crippen LogP contribution < -0.4 is 4.72 Å². The normalized spacial score (nSPS) is 11.7. The number of hydrogen-bond donors (Lipinski definition) is 2. The first-order chi connectivity index (χ1) is 9.76. The average Bonchev–Trinajstić information content (AvgIpc) is 2.68. The van der Waals surface area contributed by atoms with Gasteiger partial charge in [0.05, 0.1) is 17.3 Å². The van der Waals surface area contributed by atoms with Gasteiger partial charge in [-0.15, -0.1) is 0 Å². The first kappa shape index (κ1) is 15.9. The van der Waals surface area contributed by atoms with Gasteiger partial charge in [-0.2, -0.15) is 0 Å². The van der Waals surface area contributed by atoms with E-state index in [1.54, 1.807) is 32.0 Å². The molecule has 114 valence electrons. The second-order valence-corrected chi connectivity index (χ2v) is 6.80. The van der Waals surface area contributed by atoms with E-state index < -0.39 is 16.6 Å². The van der Waals surface area contributed by atoms with Gasteiger partial charge in [0.15, 0.2) is 0 Å². The van der Waals surface area contributed by atoms with Crippen molar-refractivity contribution < 1.29 is 17.9 Å². The van der Waals surface area contributed by atoms with Gasteiger partial charge in [-0.25, -0.2) is 8.42 Å². The highest BCUT2D eigenvalue weighted by molar-refractivity contribution is 7.92. The molecule has 0 aliphatic carbocycles. The summed E-state index contributed by atoms with van der Waals surface area (Å²) in [4.78, 5) is -0.0416. The lowest BCUT2D eigenvalue weighted by Crippen LogP contribution is -2.15. The Balaban J connectivity index is 2.51. The molecule has 0 fully saturated rings. The third-order valence-corrected chi connectivity index (χ3v) is 5.01. The summed E-state index contributed by atoms with van der Waals surface area (Å²) in [5, 5.41) is 9.66. The van der Waals surface area contributed by atoms with Crippen LogP contribution in [-0.4, -0.2) is 13.5 Å². The van der Waals surface area contributed by atoms with Gasteiger partial charge in [-0.05, 0) is 38.5 Å².